The fourth-order valence-electron chi connectivity index (χ4n) is 3.74. The normalized spacial score (nSPS) is 16.8. The van der Waals surface area contributed by atoms with E-state index in [9.17, 15) is 9.18 Å². The molecule has 1 atom stereocenters. The first kappa shape index (κ1) is 19.6. The van der Waals surface area contributed by atoms with Gasteiger partial charge in [0, 0.05) is 35.6 Å². The Bertz CT molecular complexity index is 1090. The molecule has 0 saturated carbocycles. The number of benzene rings is 1. The van der Waals surface area contributed by atoms with Crippen molar-refractivity contribution in [2.45, 2.75) is 39.2 Å². The number of halogens is 2. The van der Waals surface area contributed by atoms with Crippen molar-refractivity contribution in [3.05, 3.63) is 58.6 Å². The molecule has 0 aliphatic carbocycles. The van der Waals surface area contributed by atoms with Crippen LogP contribution in [0.1, 0.15) is 42.2 Å². The fraction of sp³-hybridized carbons (Fsp3) is 0.318. The third-order valence-electron chi connectivity index (χ3n) is 5.35. The van der Waals surface area contributed by atoms with E-state index in [0.717, 1.165) is 31.5 Å². The maximum absolute atomic E-state index is 14.0. The molecule has 7 heteroatoms. The molecule has 1 N–H and O–H groups in total. The molecule has 1 fully saturated rings. The molecule has 3 heterocycles. The Labute approximate surface area is 173 Å². The molecule has 1 saturated heterocycles. The zero-order valence-electron chi connectivity index (χ0n) is 16.4. The van der Waals surface area contributed by atoms with Gasteiger partial charge in [-0.15, -0.1) is 0 Å². The van der Waals surface area contributed by atoms with Crippen LogP contribution in [0.25, 0.3) is 11.0 Å². The molecule has 3 aromatic rings. The number of carbonyl (C=O) groups is 1. The monoisotopic (exact) mass is 412 g/mol. The minimum Gasteiger partial charge on any atom is -0.354 e. The summed E-state index contributed by atoms with van der Waals surface area (Å²) < 4.78 is 14.0. The van der Waals surface area contributed by atoms with E-state index in [4.69, 9.17) is 11.6 Å². The molecule has 2 aromatic heterocycles. The maximum Gasteiger partial charge on any atom is 0.257 e. The van der Waals surface area contributed by atoms with E-state index in [1.54, 1.807) is 12.3 Å². The lowest BCUT2D eigenvalue weighted by Crippen LogP contribution is -2.42. The van der Waals surface area contributed by atoms with Crippen LogP contribution in [0.15, 0.2) is 36.5 Å². The van der Waals surface area contributed by atoms with Gasteiger partial charge in [-0.2, -0.15) is 0 Å². The SMILES string of the molecule is Cc1ccc2c(Nc3ccc(Cl)c(F)c3)c(C(=O)N3CCCC[C@@H]3C)cnc2n1. The Kier molecular flexibility index (Phi) is 5.37. The number of amides is 1. The number of fused-ring (bicyclic) bond motifs is 1. The molecule has 1 aromatic carbocycles. The second kappa shape index (κ2) is 7.95. The van der Waals surface area contributed by atoms with Crippen molar-refractivity contribution in [3.63, 3.8) is 0 Å². The van der Waals surface area contributed by atoms with Gasteiger partial charge in [0.15, 0.2) is 5.65 Å². The highest BCUT2D eigenvalue weighted by atomic mass is 35.5. The van der Waals surface area contributed by atoms with Crippen molar-refractivity contribution in [2.75, 3.05) is 11.9 Å². The van der Waals surface area contributed by atoms with E-state index in [-0.39, 0.29) is 17.0 Å². The topological polar surface area (TPSA) is 58.1 Å². The number of nitrogens with zero attached hydrogens (tertiary/aromatic N) is 3. The van der Waals surface area contributed by atoms with Crippen LogP contribution in [0, 0.1) is 12.7 Å². The number of hydrogen-bond acceptors (Lipinski definition) is 4. The number of hydrogen-bond donors (Lipinski definition) is 1. The Morgan fingerprint density at radius 2 is 2.10 bits per heavy atom. The summed E-state index contributed by atoms with van der Waals surface area (Å²) in [5.74, 6) is -0.606. The summed E-state index contributed by atoms with van der Waals surface area (Å²) in [7, 11) is 0. The van der Waals surface area contributed by atoms with E-state index >= 15 is 0 Å². The first-order valence-corrected chi connectivity index (χ1v) is 10.1. The largest absolute Gasteiger partial charge is 0.354 e. The van der Waals surface area contributed by atoms with E-state index in [1.807, 2.05) is 24.0 Å². The van der Waals surface area contributed by atoms with E-state index in [1.165, 1.54) is 12.1 Å². The van der Waals surface area contributed by atoms with Gasteiger partial charge in [-0.3, -0.25) is 4.79 Å². The van der Waals surface area contributed by atoms with Gasteiger partial charge < -0.3 is 10.2 Å². The third kappa shape index (κ3) is 3.90. The highest BCUT2D eigenvalue weighted by molar-refractivity contribution is 6.30. The smallest absolute Gasteiger partial charge is 0.257 e. The van der Waals surface area contributed by atoms with Gasteiger partial charge in [-0.05, 0) is 63.4 Å². The molecule has 0 unspecified atom stereocenters. The molecule has 0 radical (unpaired) electrons. The van der Waals surface area contributed by atoms with Crippen molar-refractivity contribution in [2.24, 2.45) is 0 Å². The first-order chi connectivity index (χ1) is 13.9. The van der Waals surface area contributed by atoms with Gasteiger partial charge in [-0.1, -0.05) is 11.6 Å². The standard InChI is InChI=1S/C22H22ClFN4O/c1-13-6-8-16-20(27-15-7-9-18(23)19(24)11-15)17(12-25-21(16)26-13)22(29)28-10-4-3-5-14(28)2/h6-9,11-12,14H,3-5,10H2,1-2H3,(H,25,26,27)/t14-/m0/s1. The molecule has 150 valence electrons. The van der Waals surface area contributed by atoms with Crippen LogP contribution in [0.4, 0.5) is 15.8 Å². The Balaban J connectivity index is 1.82. The van der Waals surface area contributed by atoms with Crippen molar-refractivity contribution >= 4 is 39.9 Å². The second-order valence-electron chi connectivity index (χ2n) is 7.47. The Morgan fingerprint density at radius 1 is 1.28 bits per heavy atom. The predicted molar refractivity (Wildman–Crippen MR) is 113 cm³/mol. The Hall–Kier alpha value is -2.73. The summed E-state index contributed by atoms with van der Waals surface area (Å²) in [6.45, 7) is 4.68. The number of pyridine rings is 2. The van der Waals surface area contributed by atoms with Crippen LogP contribution < -0.4 is 5.32 Å². The third-order valence-corrected chi connectivity index (χ3v) is 5.66. The van der Waals surface area contributed by atoms with Crippen LogP contribution in [-0.2, 0) is 0 Å². The maximum atomic E-state index is 14.0. The molecule has 1 amide bonds. The zero-order chi connectivity index (χ0) is 20.5. The summed E-state index contributed by atoms with van der Waals surface area (Å²) in [5.41, 5.74) is 2.89. The summed E-state index contributed by atoms with van der Waals surface area (Å²) in [6.07, 6.45) is 4.66. The molecule has 0 spiro atoms. The number of rotatable bonds is 3. The molecular weight excluding hydrogens is 391 g/mol. The molecule has 1 aliphatic heterocycles. The molecule has 4 rings (SSSR count). The van der Waals surface area contributed by atoms with Gasteiger partial charge in [0.2, 0.25) is 0 Å². The zero-order valence-corrected chi connectivity index (χ0v) is 17.1. The first-order valence-electron chi connectivity index (χ1n) is 9.73. The lowest BCUT2D eigenvalue weighted by molar-refractivity contribution is 0.0636. The lowest BCUT2D eigenvalue weighted by atomic mass is 10.0. The average molecular weight is 413 g/mol. The summed E-state index contributed by atoms with van der Waals surface area (Å²) in [6, 6.07) is 8.40. The van der Waals surface area contributed by atoms with Crippen LogP contribution in [0.2, 0.25) is 5.02 Å². The summed E-state index contributed by atoms with van der Waals surface area (Å²) >= 11 is 5.81. The van der Waals surface area contributed by atoms with Crippen LogP contribution in [0.3, 0.4) is 0 Å². The van der Waals surface area contributed by atoms with Gasteiger partial charge in [-0.25, -0.2) is 14.4 Å². The number of piperidine rings is 1. The molecular formula is C22H22ClFN4O. The number of anilines is 2. The van der Waals surface area contributed by atoms with Gasteiger partial charge in [0.05, 0.1) is 16.3 Å². The van der Waals surface area contributed by atoms with Gasteiger partial charge in [0.25, 0.3) is 5.91 Å². The highest BCUT2D eigenvalue weighted by Crippen LogP contribution is 2.32. The molecule has 0 bridgehead atoms. The lowest BCUT2D eigenvalue weighted by Gasteiger charge is -2.34. The van der Waals surface area contributed by atoms with E-state index in [0.29, 0.717) is 28.0 Å². The van der Waals surface area contributed by atoms with E-state index in [2.05, 4.69) is 22.2 Å². The number of nitrogens with one attached hydrogen (secondary N) is 1. The average Bonchev–Trinajstić information content (AvgIpc) is 2.70. The van der Waals surface area contributed by atoms with Crippen molar-refractivity contribution in [1.82, 2.24) is 14.9 Å². The minimum atomic E-state index is -0.526. The fourth-order valence-corrected chi connectivity index (χ4v) is 3.86. The minimum absolute atomic E-state index is 0.0471. The van der Waals surface area contributed by atoms with Crippen molar-refractivity contribution in [3.8, 4) is 0 Å². The molecule has 5 nitrogen and oxygen atoms in total. The number of aryl methyl sites for hydroxylation is 1. The molecule has 1 aliphatic rings. The second-order valence-corrected chi connectivity index (χ2v) is 7.88. The quantitative estimate of drug-likeness (QED) is 0.618. The molecule has 29 heavy (non-hydrogen) atoms. The van der Waals surface area contributed by atoms with Crippen molar-refractivity contribution in [1.29, 1.82) is 0 Å². The van der Waals surface area contributed by atoms with Gasteiger partial charge >= 0.3 is 0 Å². The van der Waals surface area contributed by atoms with Gasteiger partial charge in [0.1, 0.15) is 5.82 Å². The predicted octanol–water partition coefficient (Wildman–Crippen LogP) is 5.49. The van der Waals surface area contributed by atoms with Crippen LogP contribution >= 0.6 is 11.6 Å². The van der Waals surface area contributed by atoms with E-state index < -0.39 is 5.82 Å². The summed E-state index contributed by atoms with van der Waals surface area (Å²) in [5, 5.41) is 3.97. The van der Waals surface area contributed by atoms with Crippen LogP contribution in [-0.4, -0.2) is 33.4 Å². The highest BCUT2D eigenvalue weighted by Gasteiger charge is 2.27. The number of aromatic nitrogens is 2. The number of carbonyl (C=O) groups excluding carboxylic acids is 1. The van der Waals surface area contributed by atoms with Crippen LogP contribution in [0.5, 0.6) is 0 Å². The number of likely N-dealkylation sites (tertiary alicyclic amines) is 1. The van der Waals surface area contributed by atoms with Crippen molar-refractivity contribution < 1.29 is 9.18 Å². The Morgan fingerprint density at radius 3 is 2.86 bits per heavy atom. The summed E-state index contributed by atoms with van der Waals surface area (Å²) in [4.78, 5) is 24.2.